The molecule has 1 aromatic carbocycles. The second-order valence-electron chi connectivity index (χ2n) is 9.43. The van der Waals surface area contributed by atoms with Crippen LogP contribution < -0.4 is 27.0 Å². The SMILES string of the molecule is CC(=O)N[C@H](C(=O)N[C@@H](CC(C)C)C(=O)N[C@@H](CC(N)=O)C(=O)N[C@@H](Cc1ccccc1)C(=O)O)C(C)O. The van der Waals surface area contributed by atoms with E-state index >= 15 is 0 Å². The fourth-order valence-electron chi connectivity index (χ4n) is 3.59. The van der Waals surface area contributed by atoms with Crippen molar-refractivity contribution >= 4 is 35.5 Å². The molecule has 0 heterocycles. The van der Waals surface area contributed by atoms with Gasteiger partial charge in [0.2, 0.25) is 29.5 Å². The maximum atomic E-state index is 13.1. The Labute approximate surface area is 220 Å². The van der Waals surface area contributed by atoms with Crippen LogP contribution in [-0.4, -0.2) is 76.0 Å². The van der Waals surface area contributed by atoms with Gasteiger partial charge >= 0.3 is 5.97 Å². The van der Waals surface area contributed by atoms with Crippen LogP contribution in [-0.2, 0) is 35.2 Å². The Morgan fingerprint density at radius 1 is 0.816 bits per heavy atom. The molecule has 0 saturated carbocycles. The van der Waals surface area contributed by atoms with Crippen LogP contribution in [0.2, 0.25) is 0 Å². The summed E-state index contributed by atoms with van der Waals surface area (Å²) in [4.78, 5) is 73.6. The van der Waals surface area contributed by atoms with Gasteiger partial charge in [0.05, 0.1) is 12.5 Å². The number of aliphatic carboxylic acids is 1. The minimum absolute atomic E-state index is 0.0466. The monoisotopic (exact) mass is 535 g/mol. The van der Waals surface area contributed by atoms with E-state index in [0.717, 1.165) is 6.92 Å². The zero-order chi connectivity index (χ0) is 29.0. The normalized spacial score (nSPS) is 14.8. The number of aliphatic hydroxyl groups excluding tert-OH is 1. The smallest absolute Gasteiger partial charge is 0.326 e. The first-order chi connectivity index (χ1) is 17.7. The molecule has 0 bridgehead atoms. The van der Waals surface area contributed by atoms with Crippen molar-refractivity contribution in [1.29, 1.82) is 0 Å². The molecule has 5 amide bonds. The number of aliphatic hydroxyl groups is 1. The van der Waals surface area contributed by atoms with E-state index in [0.29, 0.717) is 5.56 Å². The topological polar surface area (TPSA) is 217 Å². The molecule has 1 aromatic rings. The fourth-order valence-corrected chi connectivity index (χ4v) is 3.59. The molecule has 0 aromatic heterocycles. The average molecular weight is 536 g/mol. The molecule has 1 unspecified atom stereocenters. The van der Waals surface area contributed by atoms with Gasteiger partial charge in [-0.1, -0.05) is 44.2 Å². The van der Waals surface area contributed by atoms with E-state index in [1.165, 1.54) is 6.92 Å². The van der Waals surface area contributed by atoms with Crippen molar-refractivity contribution < 1.29 is 39.0 Å². The third-order valence-corrected chi connectivity index (χ3v) is 5.40. The van der Waals surface area contributed by atoms with Gasteiger partial charge in [-0.25, -0.2) is 4.79 Å². The number of carboxylic acid groups (broad SMARTS) is 1. The second kappa shape index (κ2) is 15.3. The van der Waals surface area contributed by atoms with Gasteiger partial charge in [-0.05, 0) is 24.8 Å². The summed E-state index contributed by atoms with van der Waals surface area (Å²) >= 11 is 0. The highest BCUT2D eigenvalue weighted by molar-refractivity contribution is 5.96. The number of carboxylic acids is 1. The quantitative estimate of drug-likeness (QED) is 0.141. The predicted molar refractivity (Wildman–Crippen MR) is 136 cm³/mol. The van der Waals surface area contributed by atoms with Crippen LogP contribution >= 0.6 is 0 Å². The minimum atomic E-state index is -1.52. The number of carbonyl (C=O) groups is 6. The minimum Gasteiger partial charge on any atom is -0.480 e. The number of nitrogens with one attached hydrogen (secondary N) is 4. The van der Waals surface area contributed by atoms with Crippen LogP contribution in [0.5, 0.6) is 0 Å². The van der Waals surface area contributed by atoms with Crippen LogP contribution in [0.1, 0.15) is 46.1 Å². The Morgan fingerprint density at radius 2 is 1.34 bits per heavy atom. The van der Waals surface area contributed by atoms with Crippen molar-refractivity contribution in [2.24, 2.45) is 11.7 Å². The molecule has 0 aliphatic heterocycles. The Hall–Kier alpha value is -4.00. The van der Waals surface area contributed by atoms with E-state index in [2.05, 4.69) is 21.3 Å². The number of hydrogen-bond donors (Lipinski definition) is 7. The summed E-state index contributed by atoms with van der Waals surface area (Å²) in [5, 5.41) is 28.9. The average Bonchev–Trinajstić information content (AvgIpc) is 2.80. The lowest BCUT2D eigenvalue weighted by Gasteiger charge is -2.27. The number of amides is 5. The number of primary amides is 1. The third-order valence-electron chi connectivity index (χ3n) is 5.40. The zero-order valence-corrected chi connectivity index (χ0v) is 21.9. The molecule has 38 heavy (non-hydrogen) atoms. The maximum Gasteiger partial charge on any atom is 0.326 e. The lowest BCUT2D eigenvalue weighted by Crippen LogP contribution is -2.59. The predicted octanol–water partition coefficient (Wildman–Crippen LogP) is -1.42. The van der Waals surface area contributed by atoms with Crippen LogP contribution in [0.15, 0.2) is 30.3 Å². The second-order valence-corrected chi connectivity index (χ2v) is 9.43. The number of rotatable bonds is 15. The summed E-state index contributed by atoms with van der Waals surface area (Å²) in [6.07, 6.45) is -1.83. The summed E-state index contributed by atoms with van der Waals surface area (Å²) < 4.78 is 0. The maximum absolute atomic E-state index is 13.1. The van der Waals surface area contributed by atoms with Gasteiger partial charge < -0.3 is 37.2 Å². The first kappa shape index (κ1) is 32.0. The lowest BCUT2D eigenvalue weighted by atomic mass is 10.0. The third kappa shape index (κ3) is 11.4. The van der Waals surface area contributed by atoms with Crippen molar-refractivity contribution in [3.8, 4) is 0 Å². The summed E-state index contributed by atoms with van der Waals surface area (Å²) in [5.41, 5.74) is 5.89. The van der Waals surface area contributed by atoms with Crippen LogP contribution in [0.4, 0.5) is 0 Å². The highest BCUT2D eigenvalue weighted by Gasteiger charge is 2.33. The number of carbonyl (C=O) groups excluding carboxylic acids is 5. The molecular weight excluding hydrogens is 498 g/mol. The summed E-state index contributed by atoms with van der Waals surface area (Å²) in [7, 11) is 0. The fraction of sp³-hybridized carbons (Fsp3) is 0.520. The van der Waals surface area contributed by atoms with Crippen molar-refractivity contribution in [2.45, 2.75) is 77.2 Å². The van der Waals surface area contributed by atoms with Crippen molar-refractivity contribution in [3.05, 3.63) is 35.9 Å². The molecule has 13 heteroatoms. The first-order valence-corrected chi connectivity index (χ1v) is 12.1. The summed E-state index contributed by atoms with van der Waals surface area (Å²) in [6.45, 7) is 6.01. The van der Waals surface area contributed by atoms with Crippen molar-refractivity contribution in [1.82, 2.24) is 21.3 Å². The number of nitrogens with two attached hydrogens (primary N) is 1. The van der Waals surface area contributed by atoms with E-state index in [4.69, 9.17) is 5.73 Å². The molecule has 8 N–H and O–H groups in total. The van der Waals surface area contributed by atoms with E-state index in [-0.39, 0.29) is 18.8 Å². The van der Waals surface area contributed by atoms with Gasteiger partial charge in [0.25, 0.3) is 0 Å². The highest BCUT2D eigenvalue weighted by Crippen LogP contribution is 2.09. The largest absolute Gasteiger partial charge is 0.480 e. The molecule has 0 spiro atoms. The van der Waals surface area contributed by atoms with Crippen LogP contribution in [0, 0.1) is 5.92 Å². The van der Waals surface area contributed by atoms with Gasteiger partial charge in [0.1, 0.15) is 24.2 Å². The van der Waals surface area contributed by atoms with Crippen LogP contribution in [0.3, 0.4) is 0 Å². The summed E-state index contributed by atoms with van der Waals surface area (Å²) in [6, 6.07) is 3.13. The number of hydrogen-bond acceptors (Lipinski definition) is 7. The highest BCUT2D eigenvalue weighted by atomic mass is 16.4. The Bertz CT molecular complexity index is 999. The van der Waals surface area contributed by atoms with E-state index in [1.807, 2.05) is 0 Å². The summed E-state index contributed by atoms with van der Waals surface area (Å²) in [5.74, 6) is -5.55. The van der Waals surface area contributed by atoms with E-state index in [1.54, 1.807) is 44.2 Å². The molecule has 0 fully saturated rings. The lowest BCUT2D eigenvalue weighted by molar-refractivity contribution is -0.142. The van der Waals surface area contributed by atoms with Gasteiger partial charge in [-0.15, -0.1) is 0 Å². The molecular formula is C25H37N5O8. The first-order valence-electron chi connectivity index (χ1n) is 12.1. The van der Waals surface area contributed by atoms with Crippen LogP contribution in [0.25, 0.3) is 0 Å². The number of benzene rings is 1. The van der Waals surface area contributed by atoms with E-state index < -0.39 is 72.2 Å². The Kier molecular flexibility index (Phi) is 12.9. The van der Waals surface area contributed by atoms with Crippen molar-refractivity contribution in [2.75, 3.05) is 0 Å². The molecule has 0 radical (unpaired) electrons. The zero-order valence-electron chi connectivity index (χ0n) is 21.9. The molecule has 5 atom stereocenters. The van der Waals surface area contributed by atoms with E-state index in [9.17, 15) is 39.0 Å². The molecule has 13 nitrogen and oxygen atoms in total. The van der Waals surface area contributed by atoms with Crippen molar-refractivity contribution in [3.63, 3.8) is 0 Å². The van der Waals surface area contributed by atoms with Gasteiger partial charge in [-0.3, -0.25) is 24.0 Å². The van der Waals surface area contributed by atoms with Gasteiger partial charge in [-0.2, -0.15) is 0 Å². The Balaban J connectivity index is 3.08. The molecule has 0 saturated heterocycles. The molecule has 0 aliphatic rings. The molecule has 1 rings (SSSR count). The molecule has 0 aliphatic carbocycles. The molecule has 210 valence electrons. The van der Waals surface area contributed by atoms with Gasteiger partial charge in [0.15, 0.2) is 0 Å². The van der Waals surface area contributed by atoms with Gasteiger partial charge in [0, 0.05) is 13.3 Å². The Morgan fingerprint density at radius 3 is 1.82 bits per heavy atom. The standard InChI is InChI=1S/C25H37N5O8/c1-13(2)10-17(29-24(36)21(14(3)31)27-15(4)32)22(34)28-18(12-20(26)33)23(35)30-19(25(37)38)11-16-8-6-5-7-9-16/h5-9,13-14,17-19,21,31H,10-12H2,1-4H3,(H2,26,33)(H,27,32)(H,28,34)(H,29,36)(H,30,35)(H,37,38)/t14?,17-,18-,19-,21-/m0/s1.